The van der Waals surface area contributed by atoms with Gasteiger partial charge in [-0.15, -0.1) is 0 Å². The second kappa shape index (κ2) is 7.09. The van der Waals surface area contributed by atoms with Crippen molar-refractivity contribution in [2.75, 3.05) is 43.4 Å². The van der Waals surface area contributed by atoms with E-state index in [0.717, 1.165) is 37.0 Å². The third kappa shape index (κ3) is 3.36. The molecule has 0 aliphatic carbocycles. The van der Waals surface area contributed by atoms with Crippen molar-refractivity contribution >= 4 is 28.2 Å². The molecule has 2 heterocycles. The number of carbonyl (C=O) groups excluding carboxylic acids is 1. The van der Waals surface area contributed by atoms with E-state index >= 15 is 0 Å². The van der Waals surface area contributed by atoms with Crippen LogP contribution in [-0.2, 0) is 0 Å². The van der Waals surface area contributed by atoms with E-state index in [0.29, 0.717) is 11.4 Å². The maximum atomic E-state index is 12.6. The van der Waals surface area contributed by atoms with E-state index in [1.165, 1.54) is 12.0 Å². The van der Waals surface area contributed by atoms with Gasteiger partial charge in [0.25, 0.3) is 5.91 Å². The molecule has 0 bridgehead atoms. The van der Waals surface area contributed by atoms with Gasteiger partial charge in [-0.05, 0) is 36.7 Å². The average molecular weight is 347 g/mol. The SMILES string of the molecule is CN1CCN(c2cccc3ccc(C(=O)Nc4ccncn4)cc23)CC1. The number of nitrogens with one attached hydrogen (secondary N) is 1. The molecule has 26 heavy (non-hydrogen) atoms. The Bertz CT molecular complexity index is 920. The molecule has 4 rings (SSSR count). The number of likely N-dealkylation sites (N-methyl/N-ethyl adjacent to an activating group) is 1. The molecule has 1 fully saturated rings. The van der Waals surface area contributed by atoms with Crippen molar-refractivity contribution in [1.29, 1.82) is 0 Å². The van der Waals surface area contributed by atoms with E-state index in [1.807, 2.05) is 18.2 Å². The van der Waals surface area contributed by atoms with Crippen molar-refractivity contribution in [3.05, 3.63) is 60.6 Å². The zero-order valence-electron chi connectivity index (χ0n) is 14.7. The highest BCUT2D eigenvalue weighted by Crippen LogP contribution is 2.28. The summed E-state index contributed by atoms with van der Waals surface area (Å²) in [5.74, 6) is 0.330. The summed E-state index contributed by atoms with van der Waals surface area (Å²) in [4.78, 5) is 25.2. The van der Waals surface area contributed by atoms with Crippen molar-refractivity contribution in [1.82, 2.24) is 14.9 Å². The number of rotatable bonds is 3. The number of anilines is 2. The summed E-state index contributed by atoms with van der Waals surface area (Å²) >= 11 is 0. The minimum absolute atomic E-state index is 0.168. The summed E-state index contributed by atoms with van der Waals surface area (Å²) in [6.45, 7) is 4.08. The smallest absolute Gasteiger partial charge is 0.256 e. The second-order valence-electron chi connectivity index (χ2n) is 6.55. The van der Waals surface area contributed by atoms with Gasteiger partial charge >= 0.3 is 0 Å². The fourth-order valence-corrected chi connectivity index (χ4v) is 3.27. The van der Waals surface area contributed by atoms with E-state index in [9.17, 15) is 4.79 Å². The fourth-order valence-electron chi connectivity index (χ4n) is 3.27. The highest BCUT2D eigenvalue weighted by molar-refractivity contribution is 6.07. The van der Waals surface area contributed by atoms with Crippen LogP contribution >= 0.6 is 0 Å². The van der Waals surface area contributed by atoms with Crippen molar-refractivity contribution in [3.8, 4) is 0 Å². The van der Waals surface area contributed by atoms with Crippen LogP contribution in [0.2, 0.25) is 0 Å². The molecule has 1 saturated heterocycles. The molecule has 132 valence electrons. The second-order valence-corrected chi connectivity index (χ2v) is 6.55. The van der Waals surface area contributed by atoms with Crippen LogP contribution < -0.4 is 10.2 Å². The molecule has 0 unspecified atom stereocenters. The molecule has 0 atom stereocenters. The van der Waals surface area contributed by atoms with E-state index in [4.69, 9.17) is 0 Å². The summed E-state index contributed by atoms with van der Waals surface area (Å²) < 4.78 is 0. The molecule has 1 aliphatic heterocycles. The minimum Gasteiger partial charge on any atom is -0.368 e. The summed E-state index contributed by atoms with van der Waals surface area (Å²) in [6.07, 6.45) is 3.02. The lowest BCUT2D eigenvalue weighted by atomic mass is 10.0. The molecule has 0 spiro atoms. The number of aromatic nitrogens is 2. The standard InChI is InChI=1S/C20H21N5O/c1-24-9-11-25(12-10-24)18-4-2-3-15-5-6-16(13-17(15)18)20(26)23-19-7-8-21-14-22-19/h2-8,13-14H,9-12H2,1H3,(H,21,22,23,26). The number of fused-ring (bicyclic) bond motifs is 1. The van der Waals surface area contributed by atoms with Crippen LogP contribution in [0.15, 0.2) is 55.0 Å². The first kappa shape index (κ1) is 16.5. The van der Waals surface area contributed by atoms with Crippen LogP contribution in [0, 0.1) is 0 Å². The number of benzene rings is 2. The van der Waals surface area contributed by atoms with Crippen LogP contribution in [-0.4, -0.2) is 54.0 Å². The normalized spacial score (nSPS) is 15.2. The molecule has 0 radical (unpaired) electrons. The highest BCUT2D eigenvalue weighted by Gasteiger charge is 2.17. The van der Waals surface area contributed by atoms with Crippen molar-refractivity contribution < 1.29 is 4.79 Å². The molecule has 1 N–H and O–H groups in total. The predicted octanol–water partition coefficient (Wildman–Crippen LogP) is 2.63. The zero-order valence-corrected chi connectivity index (χ0v) is 14.7. The van der Waals surface area contributed by atoms with Crippen LogP contribution in [0.5, 0.6) is 0 Å². The zero-order chi connectivity index (χ0) is 17.9. The Morgan fingerprint density at radius 1 is 1.08 bits per heavy atom. The fraction of sp³-hybridized carbons (Fsp3) is 0.250. The number of nitrogens with zero attached hydrogens (tertiary/aromatic N) is 4. The number of carbonyl (C=O) groups is 1. The van der Waals surface area contributed by atoms with Gasteiger partial charge in [0, 0.05) is 49.0 Å². The largest absolute Gasteiger partial charge is 0.368 e. The molecule has 1 aromatic heterocycles. The summed E-state index contributed by atoms with van der Waals surface area (Å²) in [6, 6.07) is 13.8. The lowest BCUT2D eigenvalue weighted by Crippen LogP contribution is -2.44. The molecule has 0 saturated carbocycles. The van der Waals surface area contributed by atoms with Gasteiger partial charge in [-0.3, -0.25) is 4.79 Å². The Balaban J connectivity index is 1.65. The lowest BCUT2D eigenvalue weighted by molar-refractivity contribution is 0.102. The molecule has 2 aromatic carbocycles. The molecule has 1 amide bonds. The van der Waals surface area contributed by atoms with Gasteiger partial charge in [-0.25, -0.2) is 9.97 Å². The third-order valence-electron chi connectivity index (χ3n) is 4.79. The van der Waals surface area contributed by atoms with Crippen LogP contribution in [0.1, 0.15) is 10.4 Å². The molecule has 6 nitrogen and oxygen atoms in total. The van der Waals surface area contributed by atoms with Gasteiger partial charge in [-0.1, -0.05) is 18.2 Å². The van der Waals surface area contributed by atoms with Crippen LogP contribution in [0.25, 0.3) is 10.8 Å². The first-order valence-electron chi connectivity index (χ1n) is 8.74. The van der Waals surface area contributed by atoms with Crippen molar-refractivity contribution in [2.45, 2.75) is 0 Å². The Labute approximate surface area is 152 Å². The van der Waals surface area contributed by atoms with Crippen molar-refractivity contribution in [3.63, 3.8) is 0 Å². The number of piperazine rings is 1. The average Bonchev–Trinajstić information content (AvgIpc) is 2.68. The van der Waals surface area contributed by atoms with Gasteiger partial charge < -0.3 is 15.1 Å². The van der Waals surface area contributed by atoms with Gasteiger partial charge in [-0.2, -0.15) is 0 Å². The van der Waals surface area contributed by atoms with E-state index in [2.05, 4.69) is 50.3 Å². The molecule has 1 aliphatic rings. The van der Waals surface area contributed by atoms with Gasteiger partial charge in [0.1, 0.15) is 12.1 Å². The maximum Gasteiger partial charge on any atom is 0.256 e. The molecular weight excluding hydrogens is 326 g/mol. The Kier molecular flexibility index (Phi) is 4.50. The molecular formula is C20H21N5O. The van der Waals surface area contributed by atoms with Crippen LogP contribution in [0.4, 0.5) is 11.5 Å². The van der Waals surface area contributed by atoms with E-state index in [1.54, 1.807) is 12.3 Å². The Hall–Kier alpha value is -2.99. The van der Waals surface area contributed by atoms with Gasteiger partial charge in [0.15, 0.2) is 0 Å². The Morgan fingerprint density at radius 3 is 2.69 bits per heavy atom. The lowest BCUT2D eigenvalue weighted by Gasteiger charge is -2.34. The number of amides is 1. The topological polar surface area (TPSA) is 61.4 Å². The third-order valence-corrected chi connectivity index (χ3v) is 4.79. The summed E-state index contributed by atoms with van der Waals surface area (Å²) in [5, 5.41) is 5.06. The molecule has 3 aromatic rings. The van der Waals surface area contributed by atoms with Crippen molar-refractivity contribution in [2.24, 2.45) is 0 Å². The predicted molar refractivity (Wildman–Crippen MR) is 104 cm³/mol. The minimum atomic E-state index is -0.168. The summed E-state index contributed by atoms with van der Waals surface area (Å²) in [5.41, 5.74) is 1.81. The van der Waals surface area contributed by atoms with E-state index < -0.39 is 0 Å². The monoisotopic (exact) mass is 347 g/mol. The molecule has 6 heteroatoms. The van der Waals surface area contributed by atoms with Gasteiger partial charge in [0.05, 0.1) is 0 Å². The number of hydrogen-bond donors (Lipinski definition) is 1. The Morgan fingerprint density at radius 2 is 1.92 bits per heavy atom. The van der Waals surface area contributed by atoms with E-state index in [-0.39, 0.29) is 5.91 Å². The number of hydrogen-bond acceptors (Lipinski definition) is 5. The first-order valence-corrected chi connectivity index (χ1v) is 8.74. The summed E-state index contributed by atoms with van der Waals surface area (Å²) in [7, 11) is 2.15. The maximum absolute atomic E-state index is 12.6. The quantitative estimate of drug-likeness (QED) is 0.789. The highest BCUT2D eigenvalue weighted by atomic mass is 16.1. The first-order chi connectivity index (χ1) is 12.7. The van der Waals surface area contributed by atoms with Crippen LogP contribution in [0.3, 0.4) is 0 Å². The van der Waals surface area contributed by atoms with Gasteiger partial charge in [0.2, 0.25) is 0 Å².